The molecule has 0 bridgehead atoms. The van der Waals surface area contributed by atoms with Crippen LogP contribution >= 0.6 is 0 Å². The number of nitrogens with two attached hydrogens (primary N) is 4. The minimum absolute atomic E-state index is 0.684. The van der Waals surface area contributed by atoms with E-state index in [1.807, 2.05) is 0 Å². The Balaban J connectivity index is 4.18. The standard InChI is InChI=1S/C30H68N6O5/c31-11-1-21-37-25-5-15-35(16-6-26-38-22-2-12-32)19-9-29-41-30-10-20-36(17-7-27-39-23-3-13-33)18-8-28-40-24-4-14-34/h1-34H2. The predicted molar refractivity (Wildman–Crippen MR) is 169 cm³/mol. The molecule has 11 nitrogen and oxygen atoms in total. The molecule has 0 rings (SSSR count). The fraction of sp³-hybridized carbons (Fsp3) is 1.00. The van der Waals surface area contributed by atoms with Crippen LogP contribution in [0.25, 0.3) is 0 Å². The van der Waals surface area contributed by atoms with Gasteiger partial charge in [0.1, 0.15) is 0 Å². The molecular weight excluding hydrogens is 524 g/mol. The lowest BCUT2D eigenvalue weighted by atomic mass is 10.3. The molecule has 0 unspecified atom stereocenters. The van der Waals surface area contributed by atoms with Crippen molar-refractivity contribution < 1.29 is 23.7 Å². The van der Waals surface area contributed by atoms with Crippen molar-refractivity contribution in [2.24, 2.45) is 22.9 Å². The summed E-state index contributed by atoms with van der Waals surface area (Å²) in [4.78, 5) is 5.02. The van der Waals surface area contributed by atoms with Gasteiger partial charge >= 0.3 is 0 Å². The Hall–Kier alpha value is -0.440. The molecule has 0 radical (unpaired) electrons. The molecule has 0 heterocycles. The monoisotopic (exact) mass is 593 g/mol. The van der Waals surface area contributed by atoms with Gasteiger partial charge in [0.2, 0.25) is 0 Å². The third-order valence-electron chi connectivity index (χ3n) is 6.55. The number of rotatable bonds is 36. The van der Waals surface area contributed by atoms with Gasteiger partial charge in [-0.3, -0.25) is 0 Å². The van der Waals surface area contributed by atoms with Crippen LogP contribution in [0.5, 0.6) is 0 Å². The fourth-order valence-electron chi connectivity index (χ4n) is 4.26. The summed E-state index contributed by atoms with van der Waals surface area (Å²) in [5.41, 5.74) is 22.2. The summed E-state index contributed by atoms with van der Waals surface area (Å²) in [5.74, 6) is 0. The second-order valence-corrected chi connectivity index (χ2v) is 10.4. The van der Waals surface area contributed by atoms with Gasteiger partial charge in [0.05, 0.1) is 0 Å². The number of hydrogen-bond donors (Lipinski definition) is 4. The van der Waals surface area contributed by atoms with Gasteiger partial charge in [-0.1, -0.05) is 0 Å². The van der Waals surface area contributed by atoms with E-state index in [2.05, 4.69) is 9.80 Å². The summed E-state index contributed by atoms with van der Waals surface area (Å²) in [6, 6.07) is 0. The zero-order valence-corrected chi connectivity index (χ0v) is 26.5. The van der Waals surface area contributed by atoms with Gasteiger partial charge in [0.25, 0.3) is 0 Å². The van der Waals surface area contributed by atoms with Crippen LogP contribution in [0.2, 0.25) is 0 Å². The van der Waals surface area contributed by atoms with Gasteiger partial charge in [0, 0.05) is 105 Å². The first-order valence-corrected chi connectivity index (χ1v) is 16.4. The number of hydrogen-bond acceptors (Lipinski definition) is 11. The van der Waals surface area contributed by atoms with E-state index >= 15 is 0 Å². The first-order chi connectivity index (χ1) is 20.3. The zero-order chi connectivity index (χ0) is 29.9. The van der Waals surface area contributed by atoms with Crippen LogP contribution in [0.1, 0.15) is 64.2 Å². The molecule has 0 saturated carbocycles. The predicted octanol–water partition coefficient (Wildman–Crippen LogP) is 1.41. The normalized spacial score (nSPS) is 11.9. The number of ether oxygens (including phenoxy) is 5. The minimum Gasteiger partial charge on any atom is -0.381 e. The number of nitrogens with zero attached hydrogens (tertiary/aromatic N) is 2. The molecule has 0 aliphatic carbocycles. The van der Waals surface area contributed by atoms with Crippen LogP contribution in [0, 0.1) is 0 Å². The molecule has 0 aromatic rings. The lowest BCUT2D eigenvalue weighted by Crippen LogP contribution is -2.30. The topological polar surface area (TPSA) is 157 Å². The minimum atomic E-state index is 0.684. The molecule has 0 aliphatic rings. The highest BCUT2D eigenvalue weighted by atomic mass is 16.5. The second-order valence-electron chi connectivity index (χ2n) is 10.4. The molecule has 0 atom stereocenters. The van der Waals surface area contributed by atoms with Crippen LogP contribution in [-0.4, -0.2) is 141 Å². The van der Waals surface area contributed by atoms with Crippen molar-refractivity contribution in [3.8, 4) is 0 Å². The molecule has 41 heavy (non-hydrogen) atoms. The Morgan fingerprint density at radius 2 is 0.439 bits per heavy atom. The van der Waals surface area contributed by atoms with Crippen molar-refractivity contribution in [1.29, 1.82) is 0 Å². The summed E-state index contributed by atoms with van der Waals surface area (Å²) in [7, 11) is 0. The zero-order valence-electron chi connectivity index (χ0n) is 26.5. The first-order valence-electron chi connectivity index (χ1n) is 16.4. The van der Waals surface area contributed by atoms with E-state index in [-0.39, 0.29) is 0 Å². The highest BCUT2D eigenvalue weighted by Gasteiger charge is 2.07. The van der Waals surface area contributed by atoms with E-state index in [4.69, 9.17) is 46.6 Å². The Kier molecular flexibility index (Phi) is 35.4. The van der Waals surface area contributed by atoms with Crippen LogP contribution in [0.4, 0.5) is 0 Å². The summed E-state index contributed by atoms with van der Waals surface area (Å²) in [6.45, 7) is 16.7. The third-order valence-corrected chi connectivity index (χ3v) is 6.55. The second kappa shape index (κ2) is 35.8. The largest absolute Gasteiger partial charge is 0.381 e. The van der Waals surface area contributed by atoms with Crippen LogP contribution < -0.4 is 22.9 Å². The van der Waals surface area contributed by atoms with E-state index < -0.39 is 0 Å². The van der Waals surface area contributed by atoms with Crippen molar-refractivity contribution in [2.75, 3.05) is 132 Å². The first kappa shape index (κ1) is 40.6. The van der Waals surface area contributed by atoms with Gasteiger partial charge in [0.15, 0.2) is 0 Å². The highest BCUT2D eigenvalue weighted by Crippen LogP contribution is 2.02. The molecule has 248 valence electrons. The SMILES string of the molecule is NCCCOCCCN(CCCOCCCN)CCCOCCCN(CCCOCCCN)CCCOCCCN. The highest BCUT2D eigenvalue weighted by molar-refractivity contribution is 4.61. The lowest BCUT2D eigenvalue weighted by Gasteiger charge is -2.23. The van der Waals surface area contributed by atoms with E-state index in [0.717, 1.165) is 170 Å². The molecule has 0 aliphatic heterocycles. The molecule has 8 N–H and O–H groups in total. The van der Waals surface area contributed by atoms with Gasteiger partial charge in [-0.05, 0) is 90.4 Å². The molecule has 0 aromatic carbocycles. The van der Waals surface area contributed by atoms with E-state index in [1.165, 1.54) is 0 Å². The van der Waals surface area contributed by atoms with Crippen molar-refractivity contribution >= 4 is 0 Å². The molecule has 0 amide bonds. The fourth-order valence-corrected chi connectivity index (χ4v) is 4.26. The summed E-state index contributed by atoms with van der Waals surface area (Å²) >= 11 is 0. The van der Waals surface area contributed by atoms with Crippen molar-refractivity contribution in [2.45, 2.75) is 64.2 Å². The Bertz CT molecular complexity index is 413. The average molecular weight is 593 g/mol. The maximum Gasteiger partial charge on any atom is 0.0478 e. The molecule has 11 heteroatoms. The Morgan fingerprint density at radius 1 is 0.268 bits per heavy atom. The maximum atomic E-state index is 6.01. The van der Waals surface area contributed by atoms with Gasteiger partial charge < -0.3 is 56.4 Å². The maximum absolute atomic E-state index is 6.01. The van der Waals surface area contributed by atoms with Gasteiger partial charge in [-0.2, -0.15) is 0 Å². The Labute approximate surface area is 252 Å². The van der Waals surface area contributed by atoms with Crippen LogP contribution in [0.3, 0.4) is 0 Å². The van der Waals surface area contributed by atoms with Crippen molar-refractivity contribution in [3.63, 3.8) is 0 Å². The molecule has 0 aromatic heterocycles. The quantitative estimate of drug-likeness (QED) is 0.0780. The molecular formula is C30H68N6O5. The van der Waals surface area contributed by atoms with E-state index in [1.54, 1.807) is 0 Å². The van der Waals surface area contributed by atoms with Crippen LogP contribution in [-0.2, 0) is 23.7 Å². The lowest BCUT2D eigenvalue weighted by molar-refractivity contribution is 0.0883. The van der Waals surface area contributed by atoms with Gasteiger partial charge in [-0.15, -0.1) is 0 Å². The molecule has 0 spiro atoms. The summed E-state index contributed by atoms with van der Waals surface area (Å²) in [5, 5.41) is 0. The Morgan fingerprint density at radius 3 is 0.610 bits per heavy atom. The van der Waals surface area contributed by atoms with Gasteiger partial charge in [-0.25, -0.2) is 0 Å². The molecule has 0 fully saturated rings. The van der Waals surface area contributed by atoms with Crippen LogP contribution in [0.15, 0.2) is 0 Å². The molecule has 0 saturated heterocycles. The smallest absolute Gasteiger partial charge is 0.0478 e. The third kappa shape index (κ3) is 32.3. The van der Waals surface area contributed by atoms with E-state index in [9.17, 15) is 0 Å². The average Bonchev–Trinajstić information content (AvgIpc) is 2.98. The summed E-state index contributed by atoms with van der Waals surface area (Å²) in [6.07, 6.45) is 9.89. The van der Waals surface area contributed by atoms with Crippen molar-refractivity contribution in [1.82, 2.24) is 9.80 Å². The summed E-state index contributed by atoms with van der Waals surface area (Å²) < 4.78 is 28.7. The van der Waals surface area contributed by atoms with E-state index in [0.29, 0.717) is 26.2 Å². The van der Waals surface area contributed by atoms with Crippen molar-refractivity contribution in [3.05, 3.63) is 0 Å².